The fraction of sp³-hybridized carbons (Fsp3) is 0.143. The van der Waals surface area contributed by atoms with Crippen molar-refractivity contribution in [1.29, 1.82) is 0 Å². The van der Waals surface area contributed by atoms with Crippen LogP contribution in [0, 0.1) is 0 Å². The SMILES string of the molecule is COc1ccc(CNC(=O)c2cc3c([nH]c4ccccc43)c(-c3ccc4c(c3)OCO4)n2)cc1OC. The number of nitrogens with zero attached hydrogens (tertiary/aromatic N) is 1. The highest BCUT2D eigenvalue weighted by Gasteiger charge is 2.20. The molecule has 1 aliphatic heterocycles. The van der Waals surface area contributed by atoms with Crippen molar-refractivity contribution in [3.05, 3.63) is 78.0 Å². The molecule has 2 N–H and O–H groups in total. The summed E-state index contributed by atoms with van der Waals surface area (Å²) in [5, 5.41) is 4.92. The van der Waals surface area contributed by atoms with E-state index >= 15 is 0 Å². The Morgan fingerprint density at radius 1 is 0.944 bits per heavy atom. The second kappa shape index (κ2) is 8.81. The minimum absolute atomic E-state index is 0.187. The van der Waals surface area contributed by atoms with Gasteiger partial charge in [0.25, 0.3) is 5.91 Å². The summed E-state index contributed by atoms with van der Waals surface area (Å²) in [5.41, 5.74) is 4.51. The predicted octanol–water partition coefficient (Wildman–Crippen LogP) is 5.06. The molecule has 0 spiro atoms. The van der Waals surface area contributed by atoms with Crippen LogP contribution >= 0.6 is 0 Å². The van der Waals surface area contributed by atoms with Crippen molar-refractivity contribution in [2.45, 2.75) is 6.54 Å². The molecule has 2 aromatic heterocycles. The fourth-order valence-corrected chi connectivity index (χ4v) is 4.48. The van der Waals surface area contributed by atoms with E-state index in [1.165, 1.54) is 0 Å². The highest BCUT2D eigenvalue weighted by atomic mass is 16.7. The molecule has 1 amide bonds. The quantitative estimate of drug-likeness (QED) is 0.352. The Kier molecular flexibility index (Phi) is 5.33. The lowest BCUT2D eigenvalue weighted by atomic mass is 10.1. The molecule has 0 saturated carbocycles. The molecule has 0 atom stereocenters. The maximum Gasteiger partial charge on any atom is 0.270 e. The smallest absolute Gasteiger partial charge is 0.270 e. The summed E-state index contributed by atoms with van der Waals surface area (Å²) in [5.74, 6) is 2.30. The van der Waals surface area contributed by atoms with Gasteiger partial charge in [-0.3, -0.25) is 4.79 Å². The Balaban J connectivity index is 1.39. The van der Waals surface area contributed by atoms with Gasteiger partial charge in [0, 0.05) is 28.4 Å². The second-order valence-electron chi connectivity index (χ2n) is 8.39. The lowest BCUT2D eigenvalue weighted by Gasteiger charge is -2.11. The highest BCUT2D eigenvalue weighted by Crippen LogP contribution is 2.38. The van der Waals surface area contributed by atoms with Crippen molar-refractivity contribution in [1.82, 2.24) is 15.3 Å². The van der Waals surface area contributed by atoms with Gasteiger partial charge in [-0.2, -0.15) is 0 Å². The van der Waals surface area contributed by atoms with Crippen LogP contribution in [0.5, 0.6) is 23.0 Å². The zero-order chi connectivity index (χ0) is 24.6. The van der Waals surface area contributed by atoms with Gasteiger partial charge in [0.1, 0.15) is 5.69 Å². The van der Waals surface area contributed by atoms with Crippen LogP contribution in [0.25, 0.3) is 33.1 Å². The first-order valence-corrected chi connectivity index (χ1v) is 11.4. The van der Waals surface area contributed by atoms with Crippen molar-refractivity contribution >= 4 is 27.7 Å². The molecule has 8 heteroatoms. The maximum absolute atomic E-state index is 13.3. The number of hydrogen-bond donors (Lipinski definition) is 2. The number of aromatic nitrogens is 2. The predicted molar refractivity (Wildman–Crippen MR) is 136 cm³/mol. The number of pyridine rings is 1. The summed E-state index contributed by atoms with van der Waals surface area (Å²) in [6.07, 6.45) is 0. The van der Waals surface area contributed by atoms with Crippen molar-refractivity contribution in [3.63, 3.8) is 0 Å². The van der Waals surface area contributed by atoms with Crippen LogP contribution in [0.3, 0.4) is 0 Å². The molecule has 3 aromatic carbocycles. The summed E-state index contributed by atoms with van der Waals surface area (Å²) in [6, 6.07) is 21.0. The number of fused-ring (bicyclic) bond motifs is 4. The topological polar surface area (TPSA) is 94.7 Å². The van der Waals surface area contributed by atoms with E-state index in [-0.39, 0.29) is 12.7 Å². The van der Waals surface area contributed by atoms with Crippen LogP contribution in [-0.2, 0) is 6.54 Å². The van der Waals surface area contributed by atoms with Gasteiger partial charge < -0.3 is 29.2 Å². The summed E-state index contributed by atoms with van der Waals surface area (Å²) in [4.78, 5) is 21.5. The molecule has 0 radical (unpaired) electrons. The fourth-order valence-electron chi connectivity index (χ4n) is 4.48. The molecule has 5 aromatic rings. The lowest BCUT2D eigenvalue weighted by molar-refractivity contribution is 0.0946. The third kappa shape index (κ3) is 3.73. The van der Waals surface area contributed by atoms with Crippen molar-refractivity contribution in [3.8, 4) is 34.3 Å². The third-order valence-electron chi connectivity index (χ3n) is 6.28. The van der Waals surface area contributed by atoms with Gasteiger partial charge in [-0.25, -0.2) is 4.98 Å². The first-order valence-electron chi connectivity index (χ1n) is 11.4. The standard InChI is InChI=1S/C28H23N3O5/c1-33-22-9-7-16(11-24(22)34-2)14-29-28(32)21-13-19-18-5-3-4-6-20(18)30-27(19)26(31-21)17-8-10-23-25(12-17)36-15-35-23/h3-13,30H,14-15H2,1-2H3,(H,29,32). The Morgan fingerprint density at radius 3 is 2.64 bits per heavy atom. The Labute approximate surface area is 206 Å². The molecule has 1 aliphatic rings. The first kappa shape index (κ1) is 21.8. The number of methoxy groups -OCH3 is 2. The van der Waals surface area contributed by atoms with Gasteiger partial charge in [0.15, 0.2) is 23.0 Å². The minimum Gasteiger partial charge on any atom is -0.493 e. The monoisotopic (exact) mass is 481 g/mol. The molecular weight excluding hydrogens is 458 g/mol. The van der Waals surface area contributed by atoms with Gasteiger partial charge in [-0.05, 0) is 48.0 Å². The Bertz CT molecular complexity index is 1630. The number of ether oxygens (including phenoxy) is 4. The van der Waals surface area contributed by atoms with Crippen LogP contribution < -0.4 is 24.3 Å². The van der Waals surface area contributed by atoms with E-state index < -0.39 is 0 Å². The van der Waals surface area contributed by atoms with Gasteiger partial charge in [0.05, 0.1) is 25.4 Å². The Hall–Kier alpha value is -4.72. The Morgan fingerprint density at radius 2 is 1.78 bits per heavy atom. The molecular formula is C28H23N3O5. The second-order valence-corrected chi connectivity index (χ2v) is 8.39. The van der Waals surface area contributed by atoms with Crippen LogP contribution in [0.15, 0.2) is 66.7 Å². The van der Waals surface area contributed by atoms with Gasteiger partial charge in [-0.15, -0.1) is 0 Å². The number of carbonyl (C=O) groups is 1. The molecule has 0 aliphatic carbocycles. The number of hydrogen-bond acceptors (Lipinski definition) is 6. The van der Waals surface area contributed by atoms with E-state index in [1.807, 2.05) is 66.7 Å². The number of H-pyrrole nitrogens is 1. The number of para-hydroxylation sites is 1. The minimum atomic E-state index is -0.279. The molecule has 0 unspecified atom stereocenters. The van der Waals surface area contributed by atoms with E-state index in [0.717, 1.165) is 32.9 Å². The number of carbonyl (C=O) groups excluding carboxylic acids is 1. The molecule has 3 heterocycles. The number of aromatic amines is 1. The number of benzene rings is 3. The van der Waals surface area contributed by atoms with Gasteiger partial charge in [0.2, 0.25) is 6.79 Å². The summed E-state index contributed by atoms with van der Waals surface area (Å²) in [7, 11) is 3.17. The average molecular weight is 482 g/mol. The largest absolute Gasteiger partial charge is 0.493 e. The van der Waals surface area contributed by atoms with Gasteiger partial charge in [-0.1, -0.05) is 24.3 Å². The molecule has 36 heavy (non-hydrogen) atoms. The van der Waals surface area contributed by atoms with Crippen LogP contribution in [0.1, 0.15) is 16.1 Å². The molecule has 180 valence electrons. The average Bonchev–Trinajstić information content (AvgIpc) is 3.55. The van der Waals surface area contributed by atoms with E-state index in [0.29, 0.717) is 40.9 Å². The van der Waals surface area contributed by atoms with E-state index in [2.05, 4.69) is 10.3 Å². The highest BCUT2D eigenvalue weighted by molar-refractivity contribution is 6.13. The van der Waals surface area contributed by atoms with Crippen molar-refractivity contribution in [2.24, 2.45) is 0 Å². The van der Waals surface area contributed by atoms with E-state index in [4.69, 9.17) is 23.9 Å². The summed E-state index contributed by atoms with van der Waals surface area (Å²) >= 11 is 0. The van der Waals surface area contributed by atoms with Crippen LogP contribution in [0.2, 0.25) is 0 Å². The van der Waals surface area contributed by atoms with Crippen molar-refractivity contribution < 1.29 is 23.7 Å². The molecule has 0 fully saturated rings. The number of rotatable bonds is 6. The lowest BCUT2D eigenvalue weighted by Crippen LogP contribution is -2.24. The van der Waals surface area contributed by atoms with E-state index in [1.54, 1.807) is 14.2 Å². The normalized spacial score (nSPS) is 12.2. The first-order chi connectivity index (χ1) is 17.6. The van der Waals surface area contributed by atoms with Crippen LogP contribution in [0.4, 0.5) is 0 Å². The molecule has 6 rings (SSSR count). The zero-order valence-electron chi connectivity index (χ0n) is 19.8. The zero-order valence-corrected chi connectivity index (χ0v) is 19.8. The molecule has 0 bridgehead atoms. The molecule has 0 saturated heterocycles. The number of nitrogens with one attached hydrogen (secondary N) is 2. The third-order valence-corrected chi connectivity index (χ3v) is 6.28. The summed E-state index contributed by atoms with van der Waals surface area (Å²) in [6.45, 7) is 0.499. The maximum atomic E-state index is 13.3. The summed E-state index contributed by atoms with van der Waals surface area (Å²) < 4.78 is 21.7. The number of amides is 1. The molecule has 8 nitrogen and oxygen atoms in total. The van der Waals surface area contributed by atoms with E-state index in [9.17, 15) is 4.79 Å². The van der Waals surface area contributed by atoms with Crippen molar-refractivity contribution in [2.75, 3.05) is 21.0 Å². The van der Waals surface area contributed by atoms with Crippen LogP contribution in [-0.4, -0.2) is 36.9 Å². The van der Waals surface area contributed by atoms with Gasteiger partial charge >= 0.3 is 0 Å².